The molecule has 0 spiro atoms. The number of phenols is 1. The monoisotopic (exact) mass is 383 g/mol. The van der Waals surface area contributed by atoms with Gasteiger partial charge in [-0.1, -0.05) is 0 Å². The fourth-order valence-corrected chi connectivity index (χ4v) is 3.44. The number of hydrogen-bond acceptors (Lipinski definition) is 5. The topological polar surface area (TPSA) is 62.3 Å². The third kappa shape index (κ3) is 4.48. The lowest BCUT2D eigenvalue weighted by molar-refractivity contribution is 0.214. The highest BCUT2D eigenvalue weighted by Gasteiger charge is 2.19. The first-order valence-corrected chi connectivity index (χ1v) is 9.52. The summed E-state index contributed by atoms with van der Waals surface area (Å²) in [4.78, 5) is 20.4. The van der Waals surface area contributed by atoms with Crippen LogP contribution in [0.3, 0.4) is 0 Å². The number of anilines is 3. The van der Waals surface area contributed by atoms with Crippen LogP contribution < -0.4 is 20.0 Å². The van der Waals surface area contributed by atoms with Crippen LogP contribution in [0.4, 0.5) is 21.9 Å². The Labute approximate surface area is 166 Å². The average molecular weight is 383 g/mol. The number of carbonyl (C=O) groups is 1. The highest BCUT2D eigenvalue weighted by Crippen LogP contribution is 2.24. The van der Waals surface area contributed by atoms with E-state index in [0.29, 0.717) is 12.4 Å². The number of hydrogen-bond donors (Lipinski definition) is 2. The summed E-state index contributed by atoms with van der Waals surface area (Å²) in [6.45, 7) is 4.23. The predicted molar refractivity (Wildman–Crippen MR) is 114 cm³/mol. The van der Waals surface area contributed by atoms with Crippen LogP contribution in [-0.4, -0.2) is 70.0 Å². The molecule has 1 fully saturated rings. The third-order valence-electron chi connectivity index (χ3n) is 5.11. The minimum atomic E-state index is -0.0513. The Morgan fingerprint density at radius 3 is 1.86 bits per heavy atom. The van der Waals surface area contributed by atoms with E-state index in [1.807, 2.05) is 31.3 Å². The van der Waals surface area contributed by atoms with Crippen molar-refractivity contribution in [2.24, 2.45) is 0 Å². The summed E-state index contributed by atoms with van der Waals surface area (Å²) in [7, 11) is 5.39. The fraction of sp³-hybridized carbons (Fsp3) is 0.381. The average Bonchev–Trinajstić information content (AvgIpc) is 2.74. The van der Waals surface area contributed by atoms with E-state index in [1.54, 1.807) is 36.0 Å². The molecule has 0 aliphatic carbocycles. The lowest BCUT2D eigenvalue weighted by Crippen LogP contribution is -2.46. The van der Waals surface area contributed by atoms with Gasteiger partial charge in [-0.05, 0) is 55.6 Å². The molecule has 2 aromatic carbocycles. The van der Waals surface area contributed by atoms with E-state index in [-0.39, 0.29) is 6.03 Å². The van der Waals surface area contributed by atoms with Crippen molar-refractivity contribution < 1.29 is 9.90 Å². The van der Waals surface area contributed by atoms with Crippen molar-refractivity contribution in [3.8, 4) is 5.75 Å². The molecule has 150 valence electrons. The van der Waals surface area contributed by atoms with Gasteiger partial charge in [0.2, 0.25) is 0 Å². The van der Waals surface area contributed by atoms with Gasteiger partial charge in [-0.15, -0.1) is 0 Å². The second-order valence-electron chi connectivity index (χ2n) is 7.06. The van der Waals surface area contributed by atoms with Gasteiger partial charge < -0.3 is 25.1 Å². The zero-order valence-electron chi connectivity index (χ0n) is 16.8. The summed E-state index contributed by atoms with van der Waals surface area (Å²) in [5, 5.41) is 12.4. The van der Waals surface area contributed by atoms with E-state index >= 15 is 0 Å². The highest BCUT2D eigenvalue weighted by atomic mass is 16.3. The quantitative estimate of drug-likeness (QED) is 0.777. The second-order valence-corrected chi connectivity index (χ2v) is 7.06. The van der Waals surface area contributed by atoms with Crippen LogP contribution in [0.15, 0.2) is 48.5 Å². The first-order valence-electron chi connectivity index (χ1n) is 9.52. The van der Waals surface area contributed by atoms with Crippen LogP contribution in [0.1, 0.15) is 0 Å². The Morgan fingerprint density at radius 1 is 0.929 bits per heavy atom. The van der Waals surface area contributed by atoms with Crippen LogP contribution in [0, 0.1) is 0 Å². The Hall–Kier alpha value is -2.93. The zero-order chi connectivity index (χ0) is 20.1. The van der Waals surface area contributed by atoms with Crippen LogP contribution in [-0.2, 0) is 0 Å². The Bertz CT molecular complexity index is 770. The van der Waals surface area contributed by atoms with Gasteiger partial charge in [0.15, 0.2) is 0 Å². The van der Waals surface area contributed by atoms with Crippen molar-refractivity contribution in [3.05, 3.63) is 48.5 Å². The number of carbonyl (C=O) groups excluding carboxylic acids is 1. The van der Waals surface area contributed by atoms with Crippen molar-refractivity contribution in [1.29, 1.82) is 0 Å². The summed E-state index contributed by atoms with van der Waals surface area (Å²) in [6, 6.07) is 15.5. The van der Waals surface area contributed by atoms with Crippen molar-refractivity contribution in [2.75, 3.05) is 68.7 Å². The molecule has 0 saturated carbocycles. The molecular formula is C21H29N5O2. The number of amides is 2. The maximum absolute atomic E-state index is 12.4. The number of urea groups is 1. The SMILES string of the molecule is CNCN(C)C(=O)N(C)c1ccc(N2CCN(c3ccc(O)cc3)CC2)cc1. The van der Waals surface area contributed by atoms with Crippen LogP contribution in [0.5, 0.6) is 5.75 Å². The number of benzene rings is 2. The molecule has 0 unspecified atom stereocenters. The van der Waals surface area contributed by atoms with E-state index in [1.165, 1.54) is 5.69 Å². The number of piperazine rings is 1. The Kier molecular flexibility index (Phi) is 6.26. The van der Waals surface area contributed by atoms with Crippen molar-refractivity contribution >= 4 is 23.1 Å². The molecule has 2 aromatic rings. The van der Waals surface area contributed by atoms with Crippen LogP contribution in [0.2, 0.25) is 0 Å². The number of rotatable bonds is 5. The van der Waals surface area contributed by atoms with Crippen LogP contribution in [0.25, 0.3) is 0 Å². The molecule has 28 heavy (non-hydrogen) atoms. The number of nitrogens with one attached hydrogen (secondary N) is 1. The zero-order valence-corrected chi connectivity index (χ0v) is 16.8. The largest absolute Gasteiger partial charge is 0.508 e. The summed E-state index contributed by atoms with van der Waals surface area (Å²) in [5.74, 6) is 0.295. The number of phenolic OH excluding ortho intramolecular Hbond substituents is 1. The molecule has 3 rings (SSSR count). The second kappa shape index (κ2) is 8.84. The maximum atomic E-state index is 12.4. The molecule has 7 nitrogen and oxygen atoms in total. The van der Waals surface area contributed by atoms with Gasteiger partial charge in [0.1, 0.15) is 5.75 Å². The van der Waals surface area contributed by atoms with Gasteiger partial charge in [-0.25, -0.2) is 4.79 Å². The summed E-state index contributed by atoms with van der Waals surface area (Å²) in [5.41, 5.74) is 3.18. The molecule has 7 heteroatoms. The Morgan fingerprint density at radius 2 is 1.39 bits per heavy atom. The normalized spacial score (nSPS) is 14.1. The minimum Gasteiger partial charge on any atom is -0.508 e. The molecule has 1 heterocycles. The van der Waals surface area contributed by atoms with Gasteiger partial charge in [-0.2, -0.15) is 0 Å². The fourth-order valence-electron chi connectivity index (χ4n) is 3.44. The Balaban J connectivity index is 1.58. The van der Waals surface area contributed by atoms with Gasteiger partial charge in [0.25, 0.3) is 0 Å². The van der Waals surface area contributed by atoms with Crippen molar-refractivity contribution in [1.82, 2.24) is 10.2 Å². The van der Waals surface area contributed by atoms with Gasteiger partial charge in [0.05, 0.1) is 6.67 Å². The summed E-state index contributed by atoms with van der Waals surface area (Å²) in [6.07, 6.45) is 0. The molecular weight excluding hydrogens is 354 g/mol. The molecule has 2 amide bonds. The molecule has 0 aromatic heterocycles. The standard InChI is InChI=1S/C21H29N5O2/c1-22-16-23(2)21(28)24(3)17-4-6-18(7-5-17)25-12-14-26(15-13-25)19-8-10-20(27)11-9-19/h4-11,22,27H,12-16H2,1-3H3. The van der Waals surface area contributed by atoms with Crippen molar-refractivity contribution in [3.63, 3.8) is 0 Å². The minimum absolute atomic E-state index is 0.0513. The van der Waals surface area contributed by atoms with E-state index in [2.05, 4.69) is 27.2 Å². The van der Waals surface area contributed by atoms with E-state index in [0.717, 1.165) is 37.6 Å². The summed E-state index contributed by atoms with van der Waals surface area (Å²) >= 11 is 0. The molecule has 1 aliphatic heterocycles. The van der Waals surface area contributed by atoms with E-state index in [4.69, 9.17) is 0 Å². The molecule has 0 atom stereocenters. The number of nitrogens with zero attached hydrogens (tertiary/aromatic N) is 4. The van der Waals surface area contributed by atoms with Gasteiger partial charge in [0, 0.05) is 57.3 Å². The predicted octanol–water partition coefficient (Wildman–Crippen LogP) is 2.38. The summed E-state index contributed by atoms with van der Waals surface area (Å²) < 4.78 is 0. The highest BCUT2D eigenvalue weighted by molar-refractivity contribution is 5.91. The maximum Gasteiger partial charge on any atom is 0.324 e. The first kappa shape index (κ1) is 19.8. The van der Waals surface area contributed by atoms with Crippen molar-refractivity contribution in [2.45, 2.75) is 0 Å². The molecule has 1 aliphatic rings. The first-order chi connectivity index (χ1) is 13.5. The third-order valence-corrected chi connectivity index (χ3v) is 5.11. The lowest BCUT2D eigenvalue weighted by atomic mass is 10.2. The van der Waals surface area contributed by atoms with Gasteiger partial charge >= 0.3 is 6.03 Å². The molecule has 0 radical (unpaired) electrons. The molecule has 1 saturated heterocycles. The lowest BCUT2D eigenvalue weighted by Gasteiger charge is -2.37. The number of aromatic hydroxyl groups is 1. The smallest absolute Gasteiger partial charge is 0.324 e. The van der Waals surface area contributed by atoms with E-state index in [9.17, 15) is 9.90 Å². The molecule has 2 N–H and O–H groups in total. The molecule has 0 bridgehead atoms. The van der Waals surface area contributed by atoms with Crippen LogP contribution >= 0.6 is 0 Å². The van der Waals surface area contributed by atoms with Gasteiger partial charge in [-0.3, -0.25) is 4.90 Å². The van der Waals surface area contributed by atoms with E-state index < -0.39 is 0 Å².